The highest BCUT2D eigenvalue weighted by molar-refractivity contribution is 5.71. The molecule has 3 atom stereocenters. The van der Waals surface area contributed by atoms with Crippen LogP contribution in [0.2, 0.25) is 0 Å². The van der Waals surface area contributed by atoms with Gasteiger partial charge in [0.25, 0.3) is 0 Å². The van der Waals surface area contributed by atoms with Crippen LogP contribution in [0.5, 0.6) is 0 Å². The second kappa shape index (κ2) is 8.16. The molecule has 0 amide bonds. The van der Waals surface area contributed by atoms with Crippen LogP contribution in [-0.4, -0.2) is 47.8 Å². The van der Waals surface area contributed by atoms with E-state index in [1.807, 2.05) is 19.1 Å². The van der Waals surface area contributed by atoms with Crippen molar-refractivity contribution in [2.75, 3.05) is 20.7 Å². The van der Waals surface area contributed by atoms with Gasteiger partial charge in [-0.15, -0.1) is 0 Å². The van der Waals surface area contributed by atoms with Gasteiger partial charge in [-0.2, -0.15) is 0 Å². The quantitative estimate of drug-likeness (QED) is 0.723. The number of nitrogens with zero attached hydrogens (tertiary/aromatic N) is 1. The number of ether oxygens (including phenoxy) is 1. The summed E-state index contributed by atoms with van der Waals surface area (Å²) in [6, 6.07) is 21.0. The van der Waals surface area contributed by atoms with E-state index in [1.54, 1.807) is 0 Å². The first-order valence-electron chi connectivity index (χ1n) is 11.0. The molecule has 2 aromatic carbocycles. The Balaban J connectivity index is 1.84. The first-order valence-corrected chi connectivity index (χ1v) is 11.0. The standard InChI is InChI=1S/C26H33NO3/c1-4-30-23(28)17-26(29)18-25(27(2)3)15-21(19-11-7-5-8-12-19)24(26)22(16-25)20-13-9-6-10-14-20/h5-14,21-22,24,29H,4,15-18H2,1-3H3/t21-,22-,24?,25?,26-/m0/s1. The van der Waals surface area contributed by atoms with Gasteiger partial charge in [-0.1, -0.05) is 60.7 Å². The van der Waals surface area contributed by atoms with E-state index in [4.69, 9.17) is 4.74 Å². The van der Waals surface area contributed by atoms with Crippen LogP contribution in [0.25, 0.3) is 0 Å². The molecule has 0 spiro atoms. The number of carbonyl (C=O) groups excluding carboxylic acids is 1. The Bertz CT molecular complexity index is 817. The second-order valence-corrected chi connectivity index (χ2v) is 9.35. The van der Waals surface area contributed by atoms with Crippen LogP contribution in [0.1, 0.15) is 55.6 Å². The molecule has 160 valence electrons. The van der Waals surface area contributed by atoms with Gasteiger partial charge in [0.1, 0.15) is 0 Å². The molecular weight excluding hydrogens is 374 g/mol. The molecule has 0 unspecified atom stereocenters. The zero-order chi connectivity index (χ0) is 21.4. The van der Waals surface area contributed by atoms with Crippen LogP contribution < -0.4 is 0 Å². The lowest BCUT2D eigenvalue weighted by molar-refractivity contribution is -0.179. The van der Waals surface area contributed by atoms with Crippen molar-refractivity contribution in [1.82, 2.24) is 4.90 Å². The Hall–Kier alpha value is -2.17. The highest BCUT2D eigenvalue weighted by Crippen LogP contribution is 2.63. The van der Waals surface area contributed by atoms with Gasteiger partial charge in [-0.25, -0.2) is 0 Å². The van der Waals surface area contributed by atoms with Crippen LogP contribution in [0.4, 0.5) is 0 Å². The van der Waals surface area contributed by atoms with Crippen molar-refractivity contribution >= 4 is 5.97 Å². The number of hydrogen-bond acceptors (Lipinski definition) is 4. The van der Waals surface area contributed by atoms with Gasteiger partial charge >= 0.3 is 5.97 Å². The summed E-state index contributed by atoms with van der Waals surface area (Å²) in [7, 11) is 4.22. The van der Waals surface area contributed by atoms with E-state index in [9.17, 15) is 9.90 Å². The van der Waals surface area contributed by atoms with Gasteiger partial charge in [0, 0.05) is 11.5 Å². The van der Waals surface area contributed by atoms with Crippen LogP contribution >= 0.6 is 0 Å². The number of rotatable bonds is 6. The van der Waals surface area contributed by atoms with E-state index in [-0.39, 0.29) is 35.7 Å². The summed E-state index contributed by atoms with van der Waals surface area (Å²) in [4.78, 5) is 14.8. The Morgan fingerprint density at radius 3 is 1.93 bits per heavy atom. The number of benzene rings is 2. The molecule has 3 saturated carbocycles. The molecule has 0 heterocycles. The summed E-state index contributed by atoms with van der Waals surface area (Å²) in [5.41, 5.74) is 1.22. The zero-order valence-electron chi connectivity index (χ0n) is 18.3. The molecule has 5 rings (SSSR count). The van der Waals surface area contributed by atoms with Crippen molar-refractivity contribution in [3.63, 3.8) is 0 Å². The number of fused-ring (bicyclic) bond motifs is 3. The van der Waals surface area contributed by atoms with Crippen LogP contribution in [0.3, 0.4) is 0 Å². The Labute approximate surface area is 179 Å². The molecule has 3 fully saturated rings. The summed E-state index contributed by atoms with van der Waals surface area (Å²) in [5, 5.41) is 12.1. The highest BCUT2D eigenvalue weighted by atomic mass is 16.5. The fraction of sp³-hybridized carbons (Fsp3) is 0.500. The minimum Gasteiger partial charge on any atom is -0.466 e. The van der Waals surface area contributed by atoms with Crippen molar-refractivity contribution < 1.29 is 14.6 Å². The molecule has 2 bridgehead atoms. The molecule has 0 aromatic heterocycles. The number of aliphatic hydroxyl groups is 1. The van der Waals surface area contributed by atoms with Gasteiger partial charge in [0.2, 0.25) is 0 Å². The van der Waals surface area contributed by atoms with E-state index in [0.717, 1.165) is 12.8 Å². The van der Waals surface area contributed by atoms with Gasteiger partial charge < -0.3 is 14.7 Å². The van der Waals surface area contributed by atoms with Crippen LogP contribution in [-0.2, 0) is 9.53 Å². The van der Waals surface area contributed by atoms with E-state index in [2.05, 4.69) is 67.5 Å². The lowest BCUT2D eigenvalue weighted by Gasteiger charge is -2.64. The topological polar surface area (TPSA) is 49.8 Å². The summed E-state index contributed by atoms with van der Waals surface area (Å²) < 4.78 is 5.28. The average Bonchev–Trinajstić information content (AvgIpc) is 2.74. The predicted molar refractivity (Wildman–Crippen MR) is 118 cm³/mol. The molecule has 0 radical (unpaired) electrons. The maximum Gasteiger partial charge on any atom is 0.308 e. The molecule has 4 nitrogen and oxygen atoms in total. The maximum absolute atomic E-state index is 12.6. The molecule has 3 aliphatic rings. The van der Waals surface area contributed by atoms with Crippen molar-refractivity contribution in [2.45, 2.75) is 55.6 Å². The zero-order valence-corrected chi connectivity index (χ0v) is 18.3. The lowest BCUT2D eigenvalue weighted by Crippen LogP contribution is -2.66. The largest absolute Gasteiger partial charge is 0.466 e. The van der Waals surface area contributed by atoms with Gasteiger partial charge in [-0.3, -0.25) is 4.79 Å². The lowest BCUT2D eigenvalue weighted by atomic mass is 9.47. The maximum atomic E-state index is 12.6. The van der Waals surface area contributed by atoms with E-state index < -0.39 is 5.60 Å². The summed E-state index contributed by atoms with van der Waals surface area (Å²) >= 11 is 0. The predicted octanol–water partition coefficient (Wildman–Crippen LogP) is 4.35. The van der Waals surface area contributed by atoms with Crippen molar-refractivity contribution in [3.8, 4) is 0 Å². The summed E-state index contributed by atoms with van der Waals surface area (Å²) in [5.74, 6) is 0.0232. The minimum atomic E-state index is -1.10. The molecule has 30 heavy (non-hydrogen) atoms. The molecule has 0 aliphatic heterocycles. The third-order valence-corrected chi connectivity index (χ3v) is 7.48. The average molecular weight is 408 g/mol. The SMILES string of the molecule is CCOC(=O)C[C@]1(O)CC2(N(C)C)C[C@@H](c3ccccc3)C1[C@H](c1ccccc1)C2. The summed E-state index contributed by atoms with van der Waals surface area (Å²) in [6.07, 6.45) is 2.63. The smallest absolute Gasteiger partial charge is 0.308 e. The van der Waals surface area contributed by atoms with Gasteiger partial charge in [0.05, 0.1) is 18.6 Å². The number of hydrogen-bond donors (Lipinski definition) is 1. The van der Waals surface area contributed by atoms with E-state index >= 15 is 0 Å². The Kier molecular flexibility index (Phi) is 5.73. The van der Waals surface area contributed by atoms with Crippen molar-refractivity contribution in [1.29, 1.82) is 0 Å². The van der Waals surface area contributed by atoms with Crippen LogP contribution in [0.15, 0.2) is 60.7 Å². The minimum absolute atomic E-state index is 0.0338. The number of carbonyl (C=O) groups is 1. The summed E-state index contributed by atoms with van der Waals surface area (Å²) in [6.45, 7) is 2.15. The van der Waals surface area contributed by atoms with E-state index in [0.29, 0.717) is 13.0 Å². The monoisotopic (exact) mass is 407 g/mol. The number of esters is 1. The Morgan fingerprint density at radius 2 is 1.50 bits per heavy atom. The third kappa shape index (κ3) is 3.67. The van der Waals surface area contributed by atoms with Gasteiger partial charge in [-0.05, 0) is 63.2 Å². The normalized spacial score (nSPS) is 32.9. The van der Waals surface area contributed by atoms with E-state index in [1.165, 1.54) is 11.1 Å². The van der Waals surface area contributed by atoms with Crippen molar-refractivity contribution in [2.24, 2.45) is 5.92 Å². The molecule has 4 heteroatoms. The molecule has 2 aromatic rings. The Morgan fingerprint density at radius 1 is 1.00 bits per heavy atom. The molecule has 0 saturated heterocycles. The fourth-order valence-electron chi connectivity index (χ4n) is 6.23. The van der Waals surface area contributed by atoms with Gasteiger partial charge in [0.15, 0.2) is 0 Å². The van der Waals surface area contributed by atoms with Crippen molar-refractivity contribution in [3.05, 3.63) is 71.8 Å². The fourth-order valence-corrected chi connectivity index (χ4v) is 6.23. The molecule has 1 N–H and O–H groups in total. The first-order chi connectivity index (χ1) is 14.4. The first kappa shape index (κ1) is 21.1. The second-order valence-electron chi connectivity index (χ2n) is 9.35. The molecule has 3 aliphatic carbocycles. The third-order valence-electron chi connectivity index (χ3n) is 7.48. The highest BCUT2D eigenvalue weighted by Gasteiger charge is 2.63. The van der Waals surface area contributed by atoms with Crippen LogP contribution in [0, 0.1) is 5.92 Å². The molecular formula is C26H33NO3.